The van der Waals surface area contributed by atoms with Crippen molar-refractivity contribution in [1.82, 2.24) is 5.32 Å². The molecule has 0 rings (SSSR count). The van der Waals surface area contributed by atoms with Crippen LogP contribution in [0.25, 0.3) is 0 Å². The summed E-state index contributed by atoms with van der Waals surface area (Å²) in [5, 5.41) is 2.38. The van der Waals surface area contributed by atoms with Crippen molar-refractivity contribution in [1.29, 1.82) is 0 Å². The first-order chi connectivity index (χ1) is 6.22. The third-order valence-corrected chi connectivity index (χ3v) is 1.37. The maximum absolute atomic E-state index is 12.0. The molecule has 3 nitrogen and oxygen atoms in total. The molecule has 0 aromatic carbocycles. The molecule has 0 aromatic rings. The number of carbonyl (C=O) groups is 1. The van der Waals surface area contributed by atoms with E-state index in [0.29, 0.717) is 0 Å². The van der Waals surface area contributed by atoms with E-state index in [4.69, 9.17) is 4.74 Å². The van der Waals surface area contributed by atoms with Crippen molar-refractivity contribution in [3.63, 3.8) is 0 Å². The number of hydrogen-bond donors (Lipinski definition) is 1. The number of hydrogen-bond acceptors (Lipinski definition) is 3. The van der Waals surface area contributed by atoms with Crippen molar-refractivity contribution < 1.29 is 18.3 Å². The largest absolute Gasteiger partial charge is 0.459 e. The van der Waals surface area contributed by atoms with Crippen LogP contribution in [0.15, 0.2) is 0 Å². The number of alkyl halides is 2. The molecule has 14 heavy (non-hydrogen) atoms. The van der Waals surface area contributed by atoms with E-state index in [1.165, 1.54) is 6.92 Å². The van der Waals surface area contributed by atoms with E-state index in [-0.39, 0.29) is 6.54 Å². The third kappa shape index (κ3) is 6.77. The molecule has 0 fully saturated rings. The second-order valence-electron chi connectivity index (χ2n) is 4.09. The molecule has 0 heterocycles. The van der Waals surface area contributed by atoms with Crippen LogP contribution in [0.5, 0.6) is 0 Å². The SMILES string of the molecule is CC(NCC(=O)OC(C)(C)C)C(F)F. The molecule has 0 saturated heterocycles. The lowest BCUT2D eigenvalue weighted by Crippen LogP contribution is -2.39. The van der Waals surface area contributed by atoms with E-state index in [2.05, 4.69) is 5.32 Å². The van der Waals surface area contributed by atoms with Gasteiger partial charge >= 0.3 is 5.97 Å². The summed E-state index contributed by atoms with van der Waals surface area (Å²) < 4.78 is 28.9. The van der Waals surface area contributed by atoms with Gasteiger partial charge in [-0.3, -0.25) is 10.1 Å². The van der Waals surface area contributed by atoms with Gasteiger partial charge in [0.05, 0.1) is 12.6 Å². The first-order valence-corrected chi connectivity index (χ1v) is 4.46. The maximum Gasteiger partial charge on any atom is 0.320 e. The highest BCUT2D eigenvalue weighted by Gasteiger charge is 2.19. The topological polar surface area (TPSA) is 38.3 Å². The molecular formula is C9H17F2NO2. The van der Waals surface area contributed by atoms with E-state index < -0.39 is 24.0 Å². The summed E-state index contributed by atoms with van der Waals surface area (Å²) in [6, 6.07) is -0.998. The van der Waals surface area contributed by atoms with Gasteiger partial charge in [0, 0.05) is 0 Å². The third-order valence-electron chi connectivity index (χ3n) is 1.37. The van der Waals surface area contributed by atoms with Crippen molar-refractivity contribution in [2.24, 2.45) is 0 Å². The standard InChI is InChI=1S/C9H17F2NO2/c1-6(8(10)11)12-5-7(13)14-9(2,3)4/h6,8,12H,5H2,1-4H3. The van der Waals surface area contributed by atoms with Gasteiger partial charge in [-0.15, -0.1) is 0 Å². The Morgan fingerprint density at radius 2 is 1.93 bits per heavy atom. The van der Waals surface area contributed by atoms with Crippen molar-refractivity contribution in [2.75, 3.05) is 6.54 Å². The Bertz CT molecular complexity index is 190. The summed E-state index contributed by atoms with van der Waals surface area (Å²) in [4.78, 5) is 11.1. The summed E-state index contributed by atoms with van der Waals surface area (Å²) in [7, 11) is 0. The van der Waals surface area contributed by atoms with Gasteiger partial charge in [0.25, 0.3) is 6.43 Å². The van der Waals surface area contributed by atoms with Crippen LogP contribution in [0, 0.1) is 0 Å². The molecule has 1 unspecified atom stereocenters. The number of carbonyl (C=O) groups excluding carboxylic acids is 1. The number of rotatable bonds is 4. The Kier molecular flexibility index (Phi) is 4.97. The van der Waals surface area contributed by atoms with Crippen molar-refractivity contribution >= 4 is 5.97 Å². The molecule has 0 aliphatic rings. The number of nitrogens with one attached hydrogen (secondary N) is 1. The molecule has 84 valence electrons. The van der Waals surface area contributed by atoms with Gasteiger partial charge in [-0.2, -0.15) is 0 Å². The van der Waals surface area contributed by atoms with Crippen LogP contribution in [-0.2, 0) is 9.53 Å². The highest BCUT2D eigenvalue weighted by Crippen LogP contribution is 2.06. The first kappa shape index (κ1) is 13.3. The summed E-state index contributed by atoms with van der Waals surface area (Å²) in [5.74, 6) is -0.523. The minimum Gasteiger partial charge on any atom is -0.459 e. The lowest BCUT2D eigenvalue weighted by Gasteiger charge is -2.20. The zero-order valence-corrected chi connectivity index (χ0v) is 8.93. The van der Waals surface area contributed by atoms with E-state index in [9.17, 15) is 13.6 Å². The fourth-order valence-corrected chi connectivity index (χ4v) is 0.711. The van der Waals surface area contributed by atoms with Crippen LogP contribution in [0.3, 0.4) is 0 Å². The van der Waals surface area contributed by atoms with E-state index >= 15 is 0 Å². The minimum absolute atomic E-state index is 0.192. The Hall–Kier alpha value is -0.710. The monoisotopic (exact) mass is 209 g/mol. The quantitative estimate of drug-likeness (QED) is 0.714. The Morgan fingerprint density at radius 3 is 2.29 bits per heavy atom. The normalized spacial score (nSPS) is 14.2. The molecule has 0 radical (unpaired) electrons. The highest BCUT2D eigenvalue weighted by molar-refractivity contribution is 5.72. The van der Waals surface area contributed by atoms with E-state index in [1.54, 1.807) is 20.8 Å². The van der Waals surface area contributed by atoms with Gasteiger partial charge in [-0.1, -0.05) is 0 Å². The molecule has 1 N–H and O–H groups in total. The van der Waals surface area contributed by atoms with Gasteiger partial charge in [-0.25, -0.2) is 8.78 Å². The van der Waals surface area contributed by atoms with Crippen LogP contribution in [0.4, 0.5) is 8.78 Å². The van der Waals surface area contributed by atoms with Crippen LogP contribution >= 0.6 is 0 Å². The van der Waals surface area contributed by atoms with Crippen LogP contribution in [0.2, 0.25) is 0 Å². The molecule has 0 aliphatic carbocycles. The fourth-order valence-electron chi connectivity index (χ4n) is 0.711. The minimum atomic E-state index is -2.47. The second-order valence-corrected chi connectivity index (χ2v) is 4.09. The molecule has 0 amide bonds. The summed E-state index contributed by atoms with van der Waals surface area (Å²) in [6.07, 6.45) is -2.47. The van der Waals surface area contributed by atoms with Gasteiger partial charge < -0.3 is 4.74 Å². The van der Waals surface area contributed by atoms with Gasteiger partial charge in [0.1, 0.15) is 5.60 Å². The predicted octanol–water partition coefficient (Wildman–Crippen LogP) is 1.57. The number of halogens is 2. The second kappa shape index (κ2) is 5.24. The fraction of sp³-hybridized carbons (Fsp3) is 0.889. The van der Waals surface area contributed by atoms with Gasteiger partial charge in [0.2, 0.25) is 0 Å². The number of esters is 1. The average molecular weight is 209 g/mol. The molecule has 0 bridgehead atoms. The molecular weight excluding hydrogens is 192 g/mol. The maximum atomic E-state index is 12.0. The lowest BCUT2D eigenvalue weighted by atomic mass is 10.2. The number of ether oxygens (including phenoxy) is 1. The molecule has 0 aromatic heterocycles. The Balaban J connectivity index is 3.75. The van der Waals surface area contributed by atoms with Crippen LogP contribution in [0.1, 0.15) is 27.7 Å². The van der Waals surface area contributed by atoms with Gasteiger partial charge in [0.15, 0.2) is 0 Å². The highest BCUT2D eigenvalue weighted by atomic mass is 19.3. The zero-order valence-electron chi connectivity index (χ0n) is 8.93. The molecule has 0 aliphatic heterocycles. The molecule has 0 saturated carbocycles. The lowest BCUT2D eigenvalue weighted by molar-refractivity contribution is -0.153. The molecule has 5 heteroatoms. The van der Waals surface area contributed by atoms with E-state index in [0.717, 1.165) is 0 Å². The first-order valence-electron chi connectivity index (χ1n) is 4.46. The van der Waals surface area contributed by atoms with E-state index in [1.807, 2.05) is 0 Å². The summed E-state index contributed by atoms with van der Waals surface area (Å²) in [6.45, 7) is 6.29. The summed E-state index contributed by atoms with van der Waals surface area (Å²) in [5.41, 5.74) is -0.577. The van der Waals surface area contributed by atoms with Crippen LogP contribution in [-0.4, -0.2) is 30.6 Å². The Morgan fingerprint density at radius 1 is 1.43 bits per heavy atom. The Labute approximate surface area is 82.8 Å². The van der Waals surface area contributed by atoms with Crippen molar-refractivity contribution in [2.45, 2.75) is 45.8 Å². The zero-order chi connectivity index (χ0) is 11.4. The molecule has 1 atom stereocenters. The van der Waals surface area contributed by atoms with Crippen molar-refractivity contribution in [3.05, 3.63) is 0 Å². The van der Waals surface area contributed by atoms with Crippen LogP contribution < -0.4 is 5.32 Å². The van der Waals surface area contributed by atoms with Crippen molar-refractivity contribution in [3.8, 4) is 0 Å². The average Bonchev–Trinajstić information content (AvgIpc) is 1.96. The van der Waals surface area contributed by atoms with Gasteiger partial charge in [-0.05, 0) is 27.7 Å². The smallest absolute Gasteiger partial charge is 0.320 e. The predicted molar refractivity (Wildman–Crippen MR) is 49.3 cm³/mol. The molecule has 0 spiro atoms. The summed E-state index contributed by atoms with van der Waals surface area (Å²) >= 11 is 0.